The molecule has 2 rings (SSSR count). The molecule has 150 valence electrons. The summed E-state index contributed by atoms with van der Waals surface area (Å²) in [5.41, 5.74) is 0.811. The molecule has 2 N–H and O–H groups in total. The van der Waals surface area contributed by atoms with E-state index in [1.165, 1.54) is 18.2 Å². The Bertz CT molecular complexity index is 912. The molecule has 0 aliphatic heterocycles. The van der Waals surface area contributed by atoms with E-state index >= 15 is 0 Å². The van der Waals surface area contributed by atoms with Crippen molar-refractivity contribution in [1.29, 1.82) is 0 Å². The number of carbonyl (C=O) groups is 3. The van der Waals surface area contributed by atoms with Gasteiger partial charge in [-0.2, -0.15) is 0 Å². The fourth-order valence-electron chi connectivity index (χ4n) is 2.43. The van der Waals surface area contributed by atoms with Crippen LogP contribution in [0.1, 0.15) is 56.2 Å². The first-order chi connectivity index (χ1) is 13.3. The molecule has 28 heavy (non-hydrogen) atoms. The Kier molecular flexibility index (Phi) is 7.86. The highest BCUT2D eigenvalue weighted by Crippen LogP contribution is 2.34. The number of amides is 2. The zero-order chi connectivity index (χ0) is 20.8. The maximum atomic E-state index is 12.7. The van der Waals surface area contributed by atoms with Crippen LogP contribution in [0.5, 0.6) is 0 Å². The Balaban J connectivity index is 2.41. The molecule has 6 nitrogen and oxygen atoms in total. The van der Waals surface area contributed by atoms with E-state index in [9.17, 15) is 14.4 Å². The summed E-state index contributed by atoms with van der Waals surface area (Å²) in [6.07, 6.45) is 0.777. The fourth-order valence-corrected chi connectivity index (χ4v) is 4.03. The van der Waals surface area contributed by atoms with Crippen molar-refractivity contribution >= 4 is 57.3 Å². The molecule has 1 aromatic heterocycles. The molecule has 0 fully saturated rings. The van der Waals surface area contributed by atoms with E-state index in [0.717, 1.165) is 17.8 Å². The summed E-state index contributed by atoms with van der Waals surface area (Å²) in [7, 11) is 0. The second-order valence-electron chi connectivity index (χ2n) is 5.81. The number of anilines is 1. The molecule has 0 spiro atoms. The van der Waals surface area contributed by atoms with Crippen molar-refractivity contribution in [3.8, 4) is 0 Å². The van der Waals surface area contributed by atoms with Crippen molar-refractivity contribution in [2.24, 2.45) is 0 Å². The quantitative estimate of drug-likeness (QED) is 0.595. The lowest BCUT2D eigenvalue weighted by molar-refractivity contribution is 0.0527. The molecule has 0 aliphatic carbocycles. The molecule has 9 heteroatoms. The zero-order valence-electron chi connectivity index (χ0n) is 15.7. The Morgan fingerprint density at radius 3 is 2.46 bits per heavy atom. The minimum atomic E-state index is -0.608. The Hall–Kier alpha value is -2.09. The standard InChI is InChI=1S/C19H20Cl2N2O4S/c1-4-8-22-17(25)15-10(3)14(19(26)27-5-2)18(28-15)23-16(24)12-7-6-11(20)9-13(12)21/h6-7,9H,4-5,8H2,1-3H3,(H,22,25)(H,23,24). The van der Waals surface area contributed by atoms with Gasteiger partial charge in [0.15, 0.2) is 0 Å². The first-order valence-electron chi connectivity index (χ1n) is 8.65. The van der Waals surface area contributed by atoms with E-state index in [0.29, 0.717) is 22.0 Å². The summed E-state index contributed by atoms with van der Waals surface area (Å²) >= 11 is 13.0. The van der Waals surface area contributed by atoms with E-state index in [4.69, 9.17) is 27.9 Å². The number of nitrogens with one attached hydrogen (secondary N) is 2. The number of ether oxygens (including phenoxy) is 1. The highest BCUT2D eigenvalue weighted by atomic mass is 35.5. The monoisotopic (exact) mass is 442 g/mol. The highest BCUT2D eigenvalue weighted by molar-refractivity contribution is 7.18. The third-order valence-electron chi connectivity index (χ3n) is 3.77. The van der Waals surface area contributed by atoms with Crippen LogP contribution < -0.4 is 10.6 Å². The average molecular weight is 443 g/mol. The number of esters is 1. The van der Waals surface area contributed by atoms with Crippen molar-refractivity contribution in [2.75, 3.05) is 18.5 Å². The smallest absolute Gasteiger partial charge is 0.341 e. The zero-order valence-corrected chi connectivity index (χ0v) is 18.0. The second-order valence-corrected chi connectivity index (χ2v) is 7.68. The minimum absolute atomic E-state index is 0.159. The third-order valence-corrected chi connectivity index (χ3v) is 5.52. The van der Waals surface area contributed by atoms with Crippen LogP contribution in [0.4, 0.5) is 5.00 Å². The molecule has 2 aromatic rings. The Morgan fingerprint density at radius 1 is 1.14 bits per heavy atom. The van der Waals surface area contributed by atoms with Gasteiger partial charge in [-0.15, -0.1) is 11.3 Å². The number of halogens is 2. The molecule has 1 heterocycles. The maximum absolute atomic E-state index is 12.7. The molecule has 0 saturated heterocycles. The van der Waals surface area contributed by atoms with Crippen LogP contribution in [0, 0.1) is 6.92 Å². The van der Waals surface area contributed by atoms with Crippen molar-refractivity contribution in [3.05, 3.63) is 49.8 Å². The van der Waals surface area contributed by atoms with E-state index in [-0.39, 0.29) is 33.7 Å². The molecule has 0 aliphatic rings. The van der Waals surface area contributed by atoms with Gasteiger partial charge in [-0.25, -0.2) is 4.79 Å². The summed E-state index contributed by atoms with van der Waals surface area (Å²) in [4.78, 5) is 37.8. The predicted octanol–water partition coefficient (Wildman–Crippen LogP) is 4.93. The van der Waals surface area contributed by atoms with Crippen LogP contribution >= 0.6 is 34.5 Å². The van der Waals surface area contributed by atoms with Crippen LogP contribution in [0.2, 0.25) is 10.0 Å². The predicted molar refractivity (Wildman–Crippen MR) is 112 cm³/mol. The SMILES string of the molecule is CCCNC(=O)c1sc(NC(=O)c2ccc(Cl)cc2Cl)c(C(=O)OCC)c1C. The lowest BCUT2D eigenvalue weighted by Gasteiger charge is -2.08. The number of benzene rings is 1. The maximum Gasteiger partial charge on any atom is 0.341 e. The van der Waals surface area contributed by atoms with Gasteiger partial charge in [-0.1, -0.05) is 30.1 Å². The molecular formula is C19H20Cl2N2O4S. The molecule has 0 bridgehead atoms. The first kappa shape index (κ1) is 22.2. The van der Waals surface area contributed by atoms with E-state index < -0.39 is 11.9 Å². The summed E-state index contributed by atoms with van der Waals surface area (Å²) in [6.45, 7) is 5.94. The van der Waals surface area contributed by atoms with E-state index in [2.05, 4.69) is 10.6 Å². The number of thiophene rings is 1. The van der Waals surface area contributed by atoms with Gasteiger partial charge in [0, 0.05) is 11.6 Å². The van der Waals surface area contributed by atoms with E-state index in [1.807, 2.05) is 6.92 Å². The molecule has 0 unspecified atom stereocenters. The van der Waals surface area contributed by atoms with Gasteiger partial charge in [0.2, 0.25) is 0 Å². The largest absolute Gasteiger partial charge is 0.462 e. The fraction of sp³-hybridized carbons (Fsp3) is 0.316. The molecule has 2 amide bonds. The Morgan fingerprint density at radius 2 is 1.86 bits per heavy atom. The van der Waals surface area contributed by atoms with Crippen molar-refractivity contribution in [1.82, 2.24) is 5.32 Å². The lowest BCUT2D eigenvalue weighted by atomic mass is 10.1. The van der Waals surface area contributed by atoms with Crippen LogP contribution in [-0.4, -0.2) is 30.9 Å². The highest BCUT2D eigenvalue weighted by Gasteiger charge is 2.27. The normalized spacial score (nSPS) is 10.5. The average Bonchev–Trinajstić information content (AvgIpc) is 2.95. The van der Waals surface area contributed by atoms with Gasteiger partial charge in [0.05, 0.1) is 27.6 Å². The summed E-state index contributed by atoms with van der Waals surface area (Å²) in [5.74, 6) is -1.43. The molecule has 0 atom stereocenters. The number of rotatable bonds is 7. The van der Waals surface area contributed by atoms with Gasteiger partial charge in [-0.05, 0) is 44.0 Å². The molecule has 0 saturated carbocycles. The van der Waals surface area contributed by atoms with Crippen LogP contribution in [0.25, 0.3) is 0 Å². The third kappa shape index (κ3) is 5.04. The van der Waals surface area contributed by atoms with Gasteiger partial charge >= 0.3 is 5.97 Å². The summed E-state index contributed by atoms with van der Waals surface area (Å²) in [6, 6.07) is 4.48. The molecular weight excluding hydrogens is 423 g/mol. The van der Waals surface area contributed by atoms with Crippen LogP contribution in [0.3, 0.4) is 0 Å². The van der Waals surface area contributed by atoms with Gasteiger partial charge < -0.3 is 15.4 Å². The number of hydrogen-bond donors (Lipinski definition) is 2. The van der Waals surface area contributed by atoms with Crippen molar-refractivity contribution in [3.63, 3.8) is 0 Å². The number of carbonyl (C=O) groups excluding carboxylic acids is 3. The Labute approximate surface area is 177 Å². The second kappa shape index (κ2) is 9.91. The van der Waals surface area contributed by atoms with Gasteiger partial charge in [-0.3, -0.25) is 9.59 Å². The van der Waals surface area contributed by atoms with Gasteiger partial charge in [0.1, 0.15) is 5.00 Å². The van der Waals surface area contributed by atoms with Crippen LogP contribution in [0.15, 0.2) is 18.2 Å². The van der Waals surface area contributed by atoms with Crippen molar-refractivity contribution in [2.45, 2.75) is 27.2 Å². The molecule has 1 aromatic carbocycles. The van der Waals surface area contributed by atoms with Gasteiger partial charge in [0.25, 0.3) is 11.8 Å². The number of hydrogen-bond acceptors (Lipinski definition) is 5. The summed E-state index contributed by atoms with van der Waals surface area (Å²) < 4.78 is 5.09. The summed E-state index contributed by atoms with van der Waals surface area (Å²) in [5, 5.41) is 6.25. The minimum Gasteiger partial charge on any atom is -0.462 e. The van der Waals surface area contributed by atoms with Crippen LogP contribution in [-0.2, 0) is 4.74 Å². The van der Waals surface area contributed by atoms with E-state index in [1.54, 1.807) is 13.8 Å². The topological polar surface area (TPSA) is 84.5 Å². The lowest BCUT2D eigenvalue weighted by Crippen LogP contribution is -2.23. The molecule has 0 radical (unpaired) electrons. The first-order valence-corrected chi connectivity index (χ1v) is 10.2. The van der Waals surface area contributed by atoms with Crippen molar-refractivity contribution < 1.29 is 19.1 Å².